The minimum absolute atomic E-state index is 0.151. The number of amides is 1. The van der Waals surface area contributed by atoms with Crippen LogP contribution in [0.15, 0.2) is 79.1 Å². The van der Waals surface area contributed by atoms with Gasteiger partial charge in [0.1, 0.15) is 6.33 Å². The smallest absolute Gasteiger partial charge is 0.262 e. The molecule has 1 amide bonds. The van der Waals surface area contributed by atoms with E-state index in [9.17, 15) is 4.79 Å². The Balaban J connectivity index is 1.92. The first kappa shape index (κ1) is 16.1. The van der Waals surface area contributed by atoms with Gasteiger partial charge in [-0.2, -0.15) is 0 Å². The molecule has 0 N–H and O–H groups in total. The fraction of sp³-hybridized carbons (Fsp3) is 0.0909. The number of rotatable bonds is 2. The highest BCUT2D eigenvalue weighted by molar-refractivity contribution is 6.05. The van der Waals surface area contributed by atoms with E-state index in [1.54, 1.807) is 15.8 Å². The van der Waals surface area contributed by atoms with Gasteiger partial charge in [-0.05, 0) is 49.2 Å². The van der Waals surface area contributed by atoms with Gasteiger partial charge in [0.15, 0.2) is 0 Å². The molecule has 26 heavy (non-hydrogen) atoms. The third-order valence-corrected chi connectivity index (χ3v) is 4.56. The van der Waals surface area contributed by atoms with Gasteiger partial charge in [-0.1, -0.05) is 48.5 Å². The molecule has 4 aromatic rings. The monoisotopic (exact) mass is 341 g/mol. The van der Waals surface area contributed by atoms with E-state index in [2.05, 4.69) is 4.98 Å². The summed E-state index contributed by atoms with van der Waals surface area (Å²) in [6.07, 6.45) is 1.59. The van der Waals surface area contributed by atoms with E-state index in [0.29, 0.717) is 0 Å². The number of carbonyl (C=O) groups excluding carboxylic acids is 1. The molecule has 1 aromatic heterocycles. The molecule has 0 aliphatic rings. The molecule has 4 rings (SSSR count). The van der Waals surface area contributed by atoms with Crippen LogP contribution in [0, 0.1) is 13.8 Å². The third-order valence-electron chi connectivity index (χ3n) is 4.56. The predicted octanol–water partition coefficient (Wildman–Crippen LogP) is 5.46. The van der Waals surface area contributed by atoms with Gasteiger partial charge in [-0.3, -0.25) is 4.90 Å². The summed E-state index contributed by atoms with van der Waals surface area (Å²) in [6, 6.07) is 23.3. The number of hydrogen-bond acceptors (Lipinski definition) is 2. The molecular weight excluding hydrogens is 322 g/mol. The highest BCUT2D eigenvalue weighted by Gasteiger charge is 2.23. The first-order valence-corrected chi connectivity index (χ1v) is 8.54. The molecule has 0 unspecified atom stereocenters. The Kier molecular flexibility index (Phi) is 4.01. The number of aryl methyl sites for hydroxylation is 2. The fourth-order valence-electron chi connectivity index (χ4n) is 3.18. The van der Waals surface area contributed by atoms with Crippen LogP contribution in [0.2, 0.25) is 0 Å². The Labute approximate surface area is 152 Å². The molecule has 4 nitrogen and oxygen atoms in total. The summed E-state index contributed by atoms with van der Waals surface area (Å²) in [7, 11) is 0. The second kappa shape index (κ2) is 6.48. The molecule has 128 valence electrons. The molecule has 3 aromatic carbocycles. The van der Waals surface area contributed by atoms with E-state index < -0.39 is 0 Å². The molecule has 0 saturated heterocycles. The van der Waals surface area contributed by atoms with Crippen LogP contribution >= 0.6 is 0 Å². The molecule has 1 heterocycles. The predicted molar refractivity (Wildman–Crippen MR) is 105 cm³/mol. The first-order chi connectivity index (χ1) is 12.7. The van der Waals surface area contributed by atoms with Gasteiger partial charge in [-0.25, -0.2) is 14.3 Å². The lowest BCUT2D eigenvalue weighted by Gasteiger charge is -2.26. The number of imidazole rings is 1. The lowest BCUT2D eigenvalue weighted by atomic mass is 10.1. The van der Waals surface area contributed by atoms with Crippen molar-refractivity contribution in [3.8, 4) is 0 Å². The number of hydrogen-bond donors (Lipinski definition) is 0. The van der Waals surface area contributed by atoms with Crippen molar-refractivity contribution in [1.82, 2.24) is 9.55 Å². The molecule has 0 spiro atoms. The number of anilines is 2. The van der Waals surface area contributed by atoms with Gasteiger partial charge < -0.3 is 0 Å². The largest absolute Gasteiger partial charge is 0.339 e. The van der Waals surface area contributed by atoms with Gasteiger partial charge >= 0.3 is 6.03 Å². The van der Waals surface area contributed by atoms with Crippen molar-refractivity contribution in [2.24, 2.45) is 0 Å². The van der Waals surface area contributed by atoms with Crippen LogP contribution < -0.4 is 4.90 Å². The highest BCUT2D eigenvalue weighted by Crippen LogP contribution is 2.32. The topological polar surface area (TPSA) is 38.1 Å². The van der Waals surface area contributed by atoms with E-state index in [4.69, 9.17) is 0 Å². The van der Waals surface area contributed by atoms with Crippen molar-refractivity contribution in [1.29, 1.82) is 0 Å². The standard InChI is InChI=1S/C22H19N3O/c1-16-9-3-6-12-19(16)25(20-13-7-4-10-17(20)2)22(26)24-15-23-18-11-5-8-14-21(18)24/h3-15H,1-2H3. The molecule has 0 atom stereocenters. The van der Waals surface area contributed by atoms with Crippen molar-refractivity contribution >= 4 is 28.4 Å². The van der Waals surface area contributed by atoms with Gasteiger partial charge in [0.05, 0.1) is 22.4 Å². The Morgan fingerprint density at radius 1 is 0.808 bits per heavy atom. The van der Waals surface area contributed by atoms with Gasteiger partial charge in [0, 0.05) is 0 Å². The van der Waals surface area contributed by atoms with Gasteiger partial charge in [0.25, 0.3) is 0 Å². The number of nitrogens with zero attached hydrogens (tertiary/aromatic N) is 3. The summed E-state index contributed by atoms with van der Waals surface area (Å²) in [5.41, 5.74) is 5.40. The molecular formula is C22H19N3O. The number of aromatic nitrogens is 2. The molecule has 0 radical (unpaired) electrons. The van der Waals surface area contributed by atoms with Crippen LogP contribution in [-0.4, -0.2) is 15.6 Å². The Morgan fingerprint density at radius 2 is 1.35 bits per heavy atom. The highest BCUT2D eigenvalue weighted by atomic mass is 16.2. The third kappa shape index (κ3) is 2.65. The number of fused-ring (bicyclic) bond motifs is 1. The van der Waals surface area contributed by atoms with Crippen molar-refractivity contribution in [2.75, 3.05) is 4.90 Å². The zero-order valence-electron chi connectivity index (χ0n) is 14.8. The summed E-state index contributed by atoms with van der Waals surface area (Å²) in [6.45, 7) is 4.03. The normalized spacial score (nSPS) is 10.8. The summed E-state index contributed by atoms with van der Waals surface area (Å²) in [4.78, 5) is 19.7. The number of para-hydroxylation sites is 4. The second-order valence-electron chi connectivity index (χ2n) is 6.29. The average Bonchev–Trinajstić information content (AvgIpc) is 3.09. The summed E-state index contributed by atoms with van der Waals surface area (Å²) >= 11 is 0. The van der Waals surface area contributed by atoms with Crippen molar-refractivity contribution in [3.05, 3.63) is 90.3 Å². The summed E-state index contributed by atoms with van der Waals surface area (Å²) in [5.74, 6) is 0. The molecule has 0 bridgehead atoms. The maximum absolute atomic E-state index is 13.6. The van der Waals surface area contributed by atoms with Crippen molar-refractivity contribution < 1.29 is 4.79 Å². The Bertz CT molecular complexity index is 1050. The maximum atomic E-state index is 13.6. The zero-order valence-corrected chi connectivity index (χ0v) is 14.8. The van der Waals surface area contributed by atoms with E-state index >= 15 is 0 Å². The van der Waals surface area contributed by atoms with Crippen LogP contribution in [0.4, 0.5) is 16.2 Å². The minimum atomic E-state index is -0.151. The zero-order chi connectivity index (χ0) is 18.1. The molecule has 0 saturated carbocycles. The van der Waals surface area contributed by atoms with Crippen LogP contribution in [0.25, 0.3) is 11.0 Å². The van der Waals surface area contributed by atoms with Gasteiger partial charge in [-0.15, -0.1) is 0 Å². The lowest BCUT2D eigenvalue weighted by molar-refractivity contribution is 0.250. The number of carbonyl (C=O) groups is 1. The van der Waals surface area contributed by atoms with E-state index in [0.717, 1.165) is 33.5 Å². The van der Waals surface area contributed by atoms with E-state index in [-0.39, 0.29) is 6.03 Å². The summed E-state index contributed by atoms with van der Waals surface area (Å²) in [5, 5.41) is 0. The van der Waals surface area contributed by atoms with Crippen LogP contribution in [0.1, 0.15) is 11.1 Å². The minimum Gasteiger partial charge on any atom is -0.262 e. The van der Waals surface area contributed by atoms with Crippen LogP contribution in [0.3, 0.4) is 0 Å². The van der Waals surface area contributed by atoms with Crippen LogP contribution in [0.5, 0.6) is 0 Å². The number of benzene rings is 3. The maximum Gasteiger partial charge on any atom is 0.339 e. The second-order valence-corrected chi connectivity index (χ2v) is 6.29. The molecule has 4 heteroatoms. The van der Waals surface area contributed by atoms with Gasteiger partial charge in [0.2, 0.25) is 0 Å². The van der Waals surface area contributed by atoms with Crippen LogP contribution in [-0.2, 0) is 0 Å². The van der Waals surface area contributed by atoms with E-state index in [1.807, 2.05) is 86.6 Å². The Hall–Kier alpha value is -3.40. The first-order valence-electron chi connectivity index (χ1n) is 8.54. The SMILES string of the molecule is Cc1ccccc1N(C(=O)n1cnc2ccccc21)c1ccccc1C. The molecule has 0 aliphatic carbocycles. The van der Waals surface area contributed by atoms with E-state index in [1.165, 1.54) is 0 Å². The lowest BCUT2D eigenvalue weighted by Crippen LogP contribution is -2.31. The Morgan fingerprint density at radius 3 is 1.96 bits per heavy atom. The van der Waals surface area contributed by atoms with Crippen molar-refractivity contribution in [2.45, 2.75) is 13.8 Å². The average molecular weight is 341 g/mol. The summed E-state index contributed by atoms with van der Waals surface area (Å²) < 4.78 is 1.61. The fourth-order valence-corrected chi connectivity index (χ4v) is 3.18. The van der Waals surface area contributed by atoms with Crippen molar-refractivity contribution in [3.63, 3.8) is 0 Å². The molecule has 0 fully saturated rings. The molecule has 0 aliphatic heterocycles. The quantitative estimate of drug-likeness (QED) is 0.485.